The van der Waals surface area contributed by atoms with Crippen molar-refractivity contribution >= 4 is 5.96 Å². The van der Waals surface area contributed by atoms with Crippen molar-refractivity contribution in [2.75, 3.05) is 13.1 Å². The van der Waals surface area contributed by atoms with Gasteiger partial charge in [0.2, 0.25) is 0 Å². The van der Waals surface area contributed by atoms with Crippen molar-refractivity contribution in [1.82, 2.24) is 20.2 Å². The van der Waals surface area contributed by atoms with Gasteiger partial charge in [-0.1, -0.05) is 12.1 Å². The van der Waals surface area contributed by atoms with E-state index in [-0.39, 0.29) is 11.9 Å². The van der Waals surface area contributed by atoms with Gasteiger partial charge < -0.3 is 15.2 Å². The molecule has 1 atom stereocenters. The molecule has 0 amide bonds. The second-order valence-electron chi connectivity index (χ2n) is 5.44. The summed E-state index contributed by atoms with van der Waals surface area (Å²) in [6, 6.07) is 5.27. The first-order chi connectivity index (χ1) is 11.1. The third kappa shape index (κ3) is 5.09. The first-order valence-electron chi connectivity index (χ1n) is 7.86. The van der Waals surface area contributed by atoms with Gasteiger partial charge in [0.05, 0.1) is 18.9 Å². The third-order valence-electron chi connectivity index (χ3n) is 3.58. The predicted molar refractivity (Wildman–Crippen MR) is 90.9 cm³/mol. The van der Waals surface area contributed by atoms with E-state index in [2.05, 4.69) is 20.6 Å². The first kappa shape index (κ1) is 17.0. The molecule has 1 aromatic carbocycles. The summed E-state index contributed by atoms with van der Waals surface area (Å²) in [7, 11) is 0. The third-order valence-corrected chi connectivity index (χ3v) is 3.58. The molecule has 124 valence electrons. The Balaban J connectivity index is 1.97. The number of aryl methyl sites for hydroxylation is 1. The lowest BCUT2D eigenvalue weighted by atomic mass is 10.1. The topological polar surface area (TPSA) is 54.2 Å². The van der Waals surface area contributed by atoms with Crippen LogP contribution in [0.5, 0.6) is 0 Å². The molecule has 2 aromatic rings. The highest BCUT2D eigenvalue weighted by molar-refractivity contribution is 5.80. The molecule has 1 unspecified atom stereocenters. The number of halogens is 1. The highest BCUT2D eigenvalue weighted by Crippen LogP contribution is 2.16. The lowest BCUT2D eigenvalue weighted by Gasteiger charge is -2.18. The van der Waals surface area contributed by atoms with Gasteiger partial charge in [-0.15, -0.1) is 0 Å². The molecular formula is C17H24FN5. The van der Waals surface area contributed by atoms with E-state index >= 15 is 0 Å². The normalized spacial score (nSPS) is 13.0. The fraction of sp³-hybridized carbons (Fsp3) is 0.412. The zero-order chi connectivity index (χ0) is 16.7. The van der Waals surface area contributed by atoms with Crippen molar-refractivity contribution in [3.05, 3.63) is 53.9 Å². The van der Waals surface area contributed by atoms with Crippen LogP contribution < -0.4 is 10.6 Å². The van der Waals surface area contributed by atoms with Gasteiger partial charge in [0.15, 0.2) is 5.96 Å². The van der Waals surface area contributed by atoms with E-state index in [1.807, 2.05) is 30.7 Å². The minimum Gasteiger partial charge on any atom is -0.357 e. The molecule has 0 fully saturated rings. The molecule has 2 rings (SSSR count). The van der Waals surface area contributed by atoms with Crippen LogP contribution in [0.4, 0.5) is 4.39 Å². The molecule has 0 radical (unpaired) electrons. The number of hydrogen-bond acceptors (Lipinski definition) is 2. The predicted octanol–water partition coefficient (Wildman–Crippen LogP) is 2.65. The number of aliphatic imine (C=N–C) groups is 1. The Labute approximate surface area is 136 Å². The maximum atomic E-state index is 13.7. The van der Waals surface area contributed by atoms with Gasteiger partial charge in [0, 0.05) is 25.5 Å². The standard InChI is InChI=1S/C17H24FN5/c1-4-20-17(21-8-10-23-9-7-19-12-23)22-14(3)15-6-5-13(2)16(18)11-15/h5-7,9,11-12,14H,4,8,10H2,1-3H3,(H2,20,21,22). The summed E-state index contributed by atoms with van der Waals surface area (Å²) in [5, 5.41) is 6.52. The number of guanidine groups is 1. The molecular weight excluding hydrogens is 293 g/mol. The van der Waals surface area contributed by atoms with Gasteiger partial charge in [-0.05, 0) is 38.0 Å². The van der Waals surface area contributed by atoms with E-state index < -0.39 is 0 Å². The number of benzene rings is 1. The lowest BCUT2D eigenvalue weighted by molar-refractivity contribution is 0.607. The summed E-state index contributed by atoms with van der Waals surface area (Å²) in [4.78, 5) is 8.55. The smallest absolute Gasteiger partial charge is 0.191 e. The molecule has 0 aliphatic heterocycles. The Hall–Kier alpha value is -2.37. The van der Waals surface area contributed by atoms with Gasteiger partial charge in [0.25, 0.3) is 0 Å². The number of rotatable bonds is 6. The number of nitrogens with zero attached hydrogens (tertiary/aromatic N) is 3. The molecule has 23 heavy (non-hydrogen) atoms. The van der Waals surface area contributed by atoms with Crippen molar-refractivity contribution in [3.63, 3.8) is 0 Å². The fourth-order valence-corrected chi connectivity index (χ4v) is 2.18. The Morgan fingerprint density at radius 1 is 1.43 bits per heavy atom. The van der Waals surface area contributed by atoms with Crippen LogP contribution >= 0.6 is 0 Å². The largest absolute Gasteiger partial charge is 0.357 e. The molecule has 6 heteroatoms. The average molecular weight is 317 g/mol. The molecule has 0 saturated carbocycles. The van der Waals surface area contributed by atoms with Gasteiger partial charge in [-0.2, -0.15) is 0 Å². The SMILES string of the molecule is CCNC(=NCCn1ccnc1)NC(C)c1ccc(C)c(F)c1. The van der Waals surface area contributed by atoms with Crippen molar-refractivity contribution in [2.24, 2.45) is 4.99 Å². The lowest BCUT2D eigenvalue weighted by Crippen LogP contribution is -2.39. The Kier molecular flexibility index (Phi) is 6.14. The Bertz CT molecular complexity index is 636. The molecule has 0 aliphatic rings. The summed E-state index contributed by atoms with van der Waals surface area (Å²) in [6.07, 6.45) is 5.43. The summed E-state index contributed by atoms with van der Waals surface area (Å²) >= 11 is 0. The summed E-state index contributed by atoms with van der Waals surface area (Å²) < 4.78 is 15.7. The first-order valence-corrected chi connectivity index (χ1v) is 7.86. The van der Waals surface area contributed by atoms with Crippen LogP contribution in [0.1, 0.15) is 31.0 Å². The Morgan fingerprint density at radius 2 is 2.26 bits per heavy atom. The molecule has 1 aromatic heterocycles. The van der Waals surface area contributed by atoms with E-state index in [0.29, 0.717) is 12.1 Å². The Morgan fingerprint density at radius 3 is 2.91 bits per heavy atom. The number of aromatic nitrogens is 2. The van der Waals surface area contributed by atoms with Crippen molar-refractivity contribution in [2.45, 2.75) is 33.4 Å². The van der Waals surface area contributed by atoms with E-state index in [1.54, 1.807) is 31.6 Å². The molecule has 2 N–H and O–H groups in total. The van der Waals surface area contributed by atoms with Crippen molar-refractivity contribution in [3.8, 4) is 0 Å². The summed E-state index contributed by atoms with van der Waals surface area (Å²) in [5.41, 5.74) is 1.55. The van der Waals surface area contributed by atoms with Crippen LogP contribution in [0, 0.1) is 12.7 Å². The van der Waals surface area contributed by atoms with Crippen molar-refractivity contribution in [1.29, 1.82) is 0 Å². The van der Waals surface area contributed by atoms with Gasteiger partial charge >= 0.3 is 0 Å². The fourth-order valence-electron chi connectivity index (χ4n) is 2.18. The van der Waals surface area contributed by atoms with Crippen LogP contribution in [0.15, 0.2) is 41.9 Å². The molecule has 1 heterocycles. The average Bonchev–Trinajstić information content (AvgIpc) is 3.03. The molecule has 0 saturated heterocycles. The maximum Gasteiger partial charge on any atom is 0.191 e. The van der Waals surface area contributed by atoms with Gasteiger partial charge in [0.1, 0.15) is 5.82 Å². The van der Waals surface area contributed by atoms with Gasteiger partial charge in [-0.3, -0.25) is 4.99 Å². The minimum absolute atomic E-state index is 0.0313. The number of hydrogen-bond donors (Lipinski definition) is 2. The van der Waals surface area contributed by atoms with Crippen LogP contribution in [0.2, 0.25) is 0 Å². The van der Waals surface area contributed by atoms with E-state index in [4.69, 9.17) is 0 Å². The van der Waals surface area contributed by atoms with E-state index in [9.17, 15) is 4.39 Å². The highest BCUT2D eigenvalue weighted by atomic mass is 19.1. The number of nitrogens with one attached hydrogen (secondary N) is 2. The highest BCUT2D eigenvalue weighted by Gasteiger charge is 2.09. The minimum atomic E-state index is -0.182. The van der Waals surface area contributed by atoms with Crippen molar-refractivity contribution < 1.29 is 4.39 Å². The second-order valence-corrected chi connectivity index (χ2v) is 5.44. The zero-order valence-electron chi connectivity index (χ0n) is 13.9. The maximum absolute atomic E-state index is 13.7. The van der Waals surface area contributed by atoms with Crippen LogP contribution in [-0.4, -0.2) is 28.6 Å². The van der Waals surface area contributed by atoms with E-state index in [0.717, 1.165) is 24.6 Å². The summed E-state index contributed by atoms with van der Waals surface area (Å²) in [6.45, 7) is 7.95. The molecule has 0 spiro atoms. The zero-order valence-corrected chi connectivity index (χ0v) is 13.9. The second kappa shape index (κ2) is 8.31. The van der Waals surface area contributed by atoms with E-state index in [1.165, 1.54) is 0 Å². The molecule has 0 aliphatic carbocycles. The monoisotopic (exact) mass is 317 g/mol. The quantitative estimate of drug-likeness (QED) is 0.636. The van der Waals surface area contributed by atoms with Crippen LogP contribution in [0.3, 0.4) is 0 Å². The van der Waals surface area contributed by atoms with Crippen LogP contribution in [-0.2, 0) is 6.54 Å². The van der Waals surface area contributed by atoms with Gasteiger partial charge in [-0.25, -0.2) is 9.37 Å². The molecule has 5 nitrogen and oxygen atoms in total. The van der Waals surface area contributed by atoms with Crippen LogP contribution in [0.25, 0.3) is 0 Å². The summed E-state index contributed by atoms with van der Waals surface area (Å²) in [5.74, 6) is 0.541. The molecule has 0 bridgehead atoms. The number of imidazole rings is 1.